The minimum atomic E-state index is 0.683. The van der Waals surface area contributed by atoms with Crippen LogP contribution in [-0.4, -0.2) is 25.6 Å². The second kappa shape index (κ2) is 4.63. The van der Waals surface area contributed by atoms with Crippen LogP contribution in [0, 0.1) is 0 Å². The maximum Gasteiger partial charge on any atom is 0.147 e. The highest BCUT2D eigenvalue weighted by atomic mass is 15.1. The van der Waals surface area contributed by atoms with Crippen molar-refractivity contribution in [1.29, 1.82) is 0 Å². The molecule has 1 aliphatic rings. The van der Waals surface area contributed by atoms with Gasteiger partial charge in [0.05, 0.1) is 13.1 Å². The highest BCUT2D eigenvalue weighted by molar-refractivity contribution is 4.98. The van der Waals surface area contributed by atoms with Gasteiger partial charge in [-0.25, -0.2) is 15.0 Å². The van der Waals surface area contributed by atoms with Crippen molar-refractivity contribution in [1.82, 2.24) is 24.8 Å². The molecule has 2 heterocycles. The fraction of sp³-hybridized carbons (Fsp3) is 0.417. The molecule has 1 saturated carbocycles. The van der Waals surface area contributed by atoms with Crippen LogP contribution in [0.25, 0.3) is 0 Å². The van der Waals surface area contributed by atoms with Crippen molar-refractivity contribution in [3.05, 3.63) is 42.5 Å². The van der Waals surface area contributed by atoms with Crippen molar-refractivity contribution in [3.8, 4) is 0 Å². The minimum absolute atomic E-state index is 0.683. The summed E-state index contributed by atoms with van der Waals surface area (Å²) in [5.41, 5.74) is 0. The van der Waals surface area contributed by atoms with E-state index in [4.69, 9.17) is 0 Å². The van der Waals surface area contributed by atoms with Crippen LogP contribution in [0.4, 0.5) is 0 Å². The van der Waals surface area contributed by atoms with Crippen LogP contribution in [0.1, 0.15) is 24.5 Å². The Balaban J connectivity index is 1.67. The van der Waals surface area contributed by atoms with E-state index in [1.54, 1.807) is 12.4 Å². The normalized spacial score (nSPS) is 15.1. The molecule has 1 aliphatic carbocycles. The smallest absolute Gasteiger partial charge is 0.147 e. The van der Waals surface area contributed by atoms with Gasteiger partial charge in [0.15, 0.2) is 0 Å². The van der Waals surface area contributed by atoms with E-state index in [1.165, 1.54) is 12.8 Å². The summed E-state index contributed by atoms with van der Waals surface area (Å²) in [5, 5.41) is 3.46. The zero-order valence-corrected chi connectivity index (χ0v) is 9.58. The van der Waals surface area contributed by atoms with Crippen molar-refractivity contribution < 1.29 is 0 Å². The lowest BCUT2D eigenvalue weighted by atomic mass is 10.5. The van der Waals surface area contributed by atoms with Gasteiger partial charge in [0, 0.05) is 30.8 Å². The SMILES string of the molecule is c1cnc(Cn2ccnc2CNC2CC2)nc1. The first-order valence-electron chi connectivity index (χ1n) is 5.91. The number of imidazole rings is 1. The van der Waals surface area contributed by atoms with Gasteiger partial charge in [-0.1, -0.05) is 0 Å². The van der Waals surface area contributed by atoms with Gasteiger partial charge in [0.25, 0.3) is 0 Å². The topological polar surface area (TPSA) is 55.6 Å². The second-order valence-electron chi connectivity index (χ2n) is 4.29. The molecule has 0 amide bonds. The number of nitrogens with zero attached hydrogens (tertiary/aromatic N) is 4. The summed E-state index contributed by atoms with van der Waals surface area (Å²) < 4.78 is 2.09. The summed E-state index contributed by atoms with van der Waals surface area (Å²) in [5.74, 6) is 1.86. The molecule has 2 aromatic heterocycles. The van der Waals surface area contributed by atoms with Crippen molar-refractivity contribution in [2.45, 2.75) is 32.0 Å². The third kappa shape index (κ3) is 2.68. The second-order valence-corrected chi connectivity index (χ2v) is 4.29. The Morgan fingerprint density at radius 2 is 2.00 bits per heavy atom. The van der Waals surface area contributed by atoms with Crippen molar-refractivity contribution >= 4 is 0 Å². The molecule has 1 fully saturated rings. The Labute approximate surface area is 99.9 Å². The molecule has 0 aromatic carbocycles. The van der Waals surface area contributed by atoms with Crippen molar-refractivity contribution in [3.63, 3.8) is 0 Å². The van der Waals surface area contributed by atoms with Gasteiger partial charge < -0.3 is 9.88 Å². The highest BCUT2D eigenvalue weighted by Gasteiger charge is 2.20. The van der Waals surface area contributed by atoms with Gasteiger partial charge in [-0.3, -0.25) is 0 Å². The molecule has 2 aromatic rings. The average molecular weight is 229 g/mol. The summed E-state index contributed by atoms with van der Waals surface area (Å²) in [6, 6.07) is 2.53. The molecular formula is C12H15N5. The number of aromatic nitrogens is 4. The van der Waals surface area contributed by atoms with Gasteiger partial charge in [0.2, 0.25) is 0 Å². The maximum atomic E-state index is 4.36. The number of hydrogen-bond donors (Lipinski definition) is 1. The number of nitrogens with one attached hydrogen (secondary N) is 1. The molecule has 0 aliphatic heterocycles. The zero-order valence-electron chi connectivity index (χ0n) is 9.58. The Kier molecular flexibility index (Phi) is 2.83. The monoisotopic (exact) mass is 229 g/mol. The average Bonchev–Trinajstić information content (AvgIpc) is 3.09. The highest BCUT2D eigenvalue weighted by Crippen LogP contribution is 2.19. The molecule has 0 unspecified atom stereocenters. The van der Waals surface area contributed by atoms with Crippen molar-refractivity contribution in [2.75, 3.05) is 0 Å². The summed E-state index contributed by atoms with van der Waals surface area (Å²) in [4.78, 5) is 12.8. The van der Waals surface area contributed by atoms with Crippen LogP contribution >= 0.6 is 0 Å². The summed E-state index contributed by atoms with van der Waals surface area (Å²) in [6.45, 7) is 1.51. The number of hydrogen-bond acceptors (Lipinski definition) is 4. The molecule has 88 valence electrons. The van der Waals surface area contributed by atoms with Crippen LogP contribution in [0.5, 0.6) is 0 Å². The van der Waals surface area contributed by atoms with Crippen LogP contribution in [0.15, 0.2) is 30.9 Å². The Morgan fingerprint density at radius 1 is 1.18 bits per heavy atom. The lowest BCUT2D eigenvalue weighted by Gasteiger charge is -2.07. The van der Waals surface area contributed by atoms with Gasteiger partial charge in [-0.05, 0) is 18.9 Å². The number of rotatable bonds is 5. The summed E-state index contributed by atoms with van der Waals surface area (Å²) in [6.07, 6.45) is 9.92. The Morgan fingerprint density at radius 3 is 2.76 bits per heavy atom. The fourth-order valence-corrected chi connectivity index (χ4v) is 1.74. The quantitative estimate of drug-likeness (QED) is 0.830. The molecule has 3 rings (SSSR count). The fourth-order valence-electron chi connectivity index (χ4n) is 1.74. The molecule has 5 nitrogen and oxygen atoms in total. The van der Waals surface area contributed by atoms with Gasteiger partial charge in [-0.2, -0.15) is 0 Å². The van der Waals surface area contributed by atoms with E-state index >= 15 is 0 Å². The van der Waals surface area contributed by atoms with Gasteiger partial charge >= 0.3 is 0 Å². The van der Waals surface area contributed by atoms with Crippen LogP contribution in [0.2, 0.25) is 0 Å². The molecule has 0 bridgehead atoms. The van der Waals surface area contributed by atoms with E-state index in [-0.39, 0.29) is 0 Å². The van der Waals surface area contributed by atoms with Gasteiger partial charge in [0.1, 0.15) is 11.6 Å². The molecule has 1 N–H and O–H groups in total. The molecule has 0 atom stereocenters. The lowest BCUT2D eigenvalue weighted by molar-refractivity contribution is 0.610. The summed E-state index contributed by atoms with van der Waals surface area (Å²) in [7, 11) is 0. The first kappa shape index (κ1) is 10.4. The third-order valence-electron chi connectivity index (χ3n) is 2.86. The van der Waals surface area contributed by atoms with E-state index in [0.29, 0.717) is 12.6 Å². The molecule has 0 radical (unpaired) electrons. The first-order chi connectivity index (χ1) is 8.42. The molecule has 0 spiro atoms. The zero-order chi connectivity index (χ0) is 11.5. The van der Waals surface area contributed by atoms with Crippen LogP contribution in [0.3, 0.4) is 0 Å². The van der Waals surface area contributed by atoms with Gasteiger partial charge in [-0.15, -0.1) is 0 Å². The van der Waals surface area contributed by atoms with E-state index in [9.17, 15) is 0 Å². The van der Waals surface area contributed by atoms with Crippen molar-refractivity contribution in [2.24, 2.45) is 0 Å². The molecule has 17 heavy (non-hydrogen) atoms. The maximum absolute atomic E-state index is 4.36. The minimum Gasteiger partial charge on any atom is -0.326 e. The summed E-state index contributed by atoms with van der Waals surface area (Å²) >= 11 is 0. The predicted molar refractivity (Wildman–Crippen MR) is 63.2 cm³/mol. The van der Waals surface area contributed by atoms with Crippen LogP contribution < -0.4 is 5.32 Å². The molecular weight excluding hydrogens is 214 g/mol. The van der Waals surface area contributed by atoms with E-state index in [2.05, 4.69) is 24.8 Å². The Bertz CT molecular complexity index is 475. The first-order valence-corrected chi connectivity index (χ1v) is 5.91. The van der Waals surface area contributed by atoms with E-state index < -0.39 is 0 Å². The standard InChI is InChI=1S/C12H15N5/c1-4-13-11(14-5-1)9-17-7-6-15-12(17)8-16-10-2-3-10/h1,4-7,10,16H,2-3,8-9H2. The van der Waals surface area contributed by atoms with Crippen LogP contribution in [-0.2, 0) is 13.1 Å². The lowest BCUT2D eigenvalue weighted by Crippen LogP contribution is -2.19. The van der Waals surface area contributed by atoms with E-state index in [1.807, 2.05) is 18.5 Å². The predicted octanol–water partition coefficient (Wildman–Crippen LogP) is 0.973. The Hall–Kier alpha value is -1.75. The van der Waals surface area contributed by atoms with E-state index in [0.717, 1.165) is 18.2 Å². The molecule has 0 saturated heterocycles. The molecule has 5 heteroatoms. The largest absolute Gasteiger partial charge is 0.326 e. The third-order valence-corrected chi connectivity index (χ3v) is 2.86.